The highest BCUT2D eigenvalue weighted by Gasteiger charge is 2.62. The van der Waals surface area contributed by atoms with E-state index < -0.39 is 41.2 Å². The summed E-state index contributed by atoms with van der Waals surface area (Å²) in [5.41, 5.74) is 2.31. The van der Waals surface area contributed by atoms with Crippen molar-refractivity contribution in [2.75, 3.05) is 20.3 Å². The van der Waals surface area contributed by atoms with Crippen LogP contribution < -0.4 is 20.5 Å². The number of alkyl halides is 2. The lowest BCUT2D eigenvalue weighted by Crippen LogP contribution is -2.49. The van der Waals surface area contributed by atoms with Crippen molar-refractivity contribution in [3.63, 3.8) is 0 Å². The number of pyridine rings is 1. The number of ether oxygens (including phenoxy) is 2. The number of carbonyl (C=O) groups is 2. The van der Waals surface area contributed by atoms with E-state index in [1.165, 1.54) is 42.3 Å². The Morgan fingerprint density at radius 1 is 1.19 bits per heavy atom. The van der Waals surface area contributed by atoms with Gasteiger partial charge in [0.2, 0.25) is 11.7 Å². The van der Waals surface area contributed by atoms with E-state index in [1.807, 2.05) is 0 Å². The molecule has 0 aliphatic heterocycles. The second-order valence-electron chi connectivity index (χ2n) is 12.3. The lowest BCUT2D eigenvalue weighted by atomic mass is 9.88. The molecular weight excluding hydrogens is 647 g/mol. The number of benzene rings is 2. The van der Waals surface area contributed by atoms with Crippen molar-refractivity contribution in [3.8, 4) is 22.8 Å². The van der Waals surface area contributed by atoms with Gasteiger partial charge in [0.15, 0.2) is 5.60 Å². The van der Waals surface area contributed by atoms with Crippen LogP contribution >= 0.6 is 11.3 Å². The molecule has 3 aromatic heterocycles. The molecule has 1 atom stereocenters. The van der Waals surface area contributed by atoms with E-state index in [1.54, 1.807) is 24.4 Å². The fraction of sp³-hybridized carbons (Fsp3) is 0.353. The van der Waals surface area contributed by atoms with E-state index in [0.717, 1.165) is 11.3 Å². The van der Waals surface area contributed by atoms with E-state index in [9.17, 15) is 23.5 Å². The van der Waals surface area contributed by atoms with Crippen LogP contribution in [0, 0.1) is 5.82 Å². The van der Waals surface area contributed by atoms with Crippen LogP contribution in [0.1, 0.15) is 54.2 Å². The molecule has 2 aliphatic carbocycles. The Balaban J connectivity index is 1.29. The molecule has 2 amide bonds. The predicted molar refractivity (Wildman–Crippen MR) is 173 cm³/mol. The quantitative estimate of drug-likeness (QED) is 0.160. The maximum absolute atomic E-state index is 16.3. The zero-order valence-corrected chi connectivity index (χ0v) is 26.9. The lowest BCUT2D eigenvalue weighted by molar-refractivity contribution is -0.117. The number of fused-ring (bicyclic) bond motifs is 2. The molecule has 0 bridgehead atoms. The van der Waals surface area contributed by atoms with Gasteiger partial charge in [-0.25, -0.2) is 22.8 Å². The number of carbonyl (C=O) groups excluding carboxylic acids is 2. The van der Waals surface area contributed by atoms with E-state index in [-0.39, 0.29) is 59.9 Å². The number of amides is 2. The first-order valence-corrected chi connectivity index (χ1v) is 16.4. The number of rotatable bonds is 12. The third-order valence-corrected chi connectivity index (χ3v) is 10.0. The third kappa shape index (κ3) is 5.32. The topological polar surface area (TPSA) is 142 Å². The first kappa shape index (κ1) is 31.9. The number of aliphatic hydroxyl groups is 1. The van der Waals surface area contributed by atoms with E-state index >= 15 is 4.39 Å². The average Bonchev–Trinajstić information content (AvgIpc) is 3.88. The number of nitrogens with zero attached hydrogens (tertiary/aromatic N) is 3. The highest BCUT2D eigenvalue weighted by Crippen LogP contribution is 2.54. The zero-order chi connectivity index (χ0) is 34.0. The molecule has 4 N–H and O–H groups in total. The van der Waals surface area contributed by atoms with Gasteiger partial charge < -0.3 is 25.6 Å². The van der Waals surface area contributed by atoms with Crippen molar-refractivity contribution in [2.24, 2.45) is 5.73 Å². The molecule has 0 unspecified atom stereocenters. The summed E-state index contributed by atoms with van der Waals surface area (Å²) >= 11 is 1.14. The van der Waals surface area contributed by atoms with Gasteiger partial charge in [0.05, 0.1) is 37.1 Å². The summed E-state index contributed by atoms with van der Waals surface area (Å²) in [6.45, 7) is 1.33. The van der Waals surface area contributed by atoms with Gasteiger partial charge >= 0.3 is 0 Å². The molecule has 2 aromatic carbocycles. The largest absolute Gasteiger partial charge is 0.494 e. The summed E-state index contributed by atoms with van der Waals surface area (Å²) in [5, 5.41) is 21.8. The van der Waals surface area contributed by atoms with Gasteiger partial charge in [0, 0.05) is 51.9 Å². The fourth-order valence-electron chi connectivity index (χ4n) is 6.05. The van der Waals surface area contributed by atoms with Gasteiger partial charge in [-0.15, -0.1) is 11.3 Å². The Kier molecular flexibility index (Phi) is 7.63. The molecule has 5 aromatic rings. The Hall–Kier alpha value is -4.69. The van der Waals surface area contributed by atoms with Crippen LogP contribution in [-0.4, -0.2) is 57.6 Å². The highest BCUT2D eigenvalue weighted by atomic mass is 32.1. The van der Waals surface area contributed by atoms with Crippen LogP contribution in [-0.2, 0) is 22.6 Å². The number of hydrogen-bond donors (Lipinski definition) is 3. The molecule has 0 spiro atoms. The average molecular weight is 680 g/mol. The summed E-state index contributed by atoms with van der Waals surface area (Å²) in [4.78, 5) is 30.5. The number of nitrogens with one attached hydrogen (secondary N) is 1. The number of aromatic nitrogens is 3. The molecule has 10 nitrogen and oxygen atoms in total. The second-order valence-corrected chi connectivity index (χ2v) is 13.2. The summed E-state index contributed by atoms with van der Waals surface area (Å²) < 4.78 is 58.7. The molecule has 0 saturated heterocycles. The van der Waals surface area contributed by atoms with Crippen molar-refractivity contribution in [2.45, 2.75) is 56.1 Å². The standard InChI is InChI=1S/C34H32F3N5O5S/c1-3-47-29-18(14-26(38)43)13-25(40-28(29)22-16-48-30-21(22)5-4-6-23(30)35)34(45,32(36)7-8-32)17-39-31(44)19-11-20-15-42(33(37)9-10-33)41-27(20)24(12-19)46-2/h4-6,11-13,15-16,45H,3,7-10,14,17H2,1-2H3,(H2,38,43)(H,39,44)/t34-/m0/s1. The summed E-state index contributed by atoms with van der Waals surface area (Å²) in [6.07, 6.45) is 1.84. The van der Waals surface area contributed by atoms with Gasteiger partial charge in [-0.05, 0) is 44.0 Å². The first-order valence-electron chi connectivity index (χ1n) is 15.5. The second kappa shape index (κ2) is 11.5. The monoisotopic (exact) mass is 679 g/mol. The zero-order valence-electron chi connectivity index (χ0n) is 26.1. The molecular formula is C34H32F3N5O5S. The summed E-state index contributed by atoms with van der Waals surface area (Å²) in [5.74, 6) is -2.92. The number of nitrogens with two attached hydrogens (primary N) is 1. The molecule has 48 heavy (non-hydrogen) atoms. The number of thiophene rings is 1. The molecule has 2 saturated carbocycles. The van der Waals surface area contributed by atoms with Crippen molar-refractivity contribution in [1.29, 1.82) is 0 Å². The number of hydrogen-bond acceptors (Lipinski definition) is 8. The Labute approximate surface area is 276 Å². The van der Waals surface area contributed by atoms with E-state index in [4.69, 9.17) is 20.2 Å². The Morgan fingerprint density at radius 2 is 1.96 bits per heavy atom. The van der Waals surface area contributed by atoms with Crippen LogP contribution in [0.25, 0.3) is 32.2 Å². The number of primary amides is 1. The minimum Gasteiger partial charge on any atom is -0.494 e. The molecule has 250 valence electrons. The Bertz CT molecular complexity index is 2110. The first-order chi connectivity index (χ1) is 22.9. The van der Waals surface area contributed by atoms with E-state index in [2.05, 4.69) is 10.4 Å². The number of halogens is 3. The maximum atomic E-state index is 16.3. The van der Waals surface area contributed by atoms with Crippen LogP contribution in [0.2, 0.25) is 0 Å². The molecule has 14 heteroatoms. The molecule has 7 rings (SSSR count). The van der Waals surface area contributed by atoms with Crippen LogP contribution in [0.3, 0.4) is 0 Å². The molecule has 2 fully saturated rings. The van der Waals surface area contributed by atoms with Gasteiger partial charge in [0.25, 0.3) is 5.91 Å². The fourth-order valence-corrected chi connectivity index (χ4v) is 7.01. The van der Waals surface area contributed by atoms with Crippen LogP contribution in [0.4, 0.5) is 13.2 Å². The maximum Gasteiger partial charge on any atom is 0.251 e. The molecule has 0 radical (unpaired) electrons. The lowest BCUT2D eigenvalue weighted by Gasteiger charge is -2.32. The van der Waals surface area contributed by atoms with Gasteiger partial charge in [-0.2, -0.15) is 5.10 Å². The highest BCUT2D eigenvalue weighted by molar-refractivity contribution is 7.17. The van der Waals surface area contributed by atoms with Crippen molar-refractivity contribution >= 4 is 44.1 Å². The third-order valence-electron chi connectivity index (χ3n) is 9.00. The van der Waals surface area contributed by atoms with Gasteiger partial charge in [-0.1, -0.05) is 12.1 Å². The predicted octanol–water partition coefficient (Wildman–Crippen LogP) is 5.42. The van der Waals surface area contributed by atoms with Crippen molar-refractivity contribution in [3.05, 3.63) is 70.6 Å². The van der Waals surface area contributed by atoms with Crippen molar-refractivity contribution < 1.29 is 37.3 Å². The molecule has 3 heterocycles. The van der Waals surface area contributed by atoms with Crippen LogP contribution in [0.5, 0.6) is 11.5 Å². The summed E-state index contributed by atoms with van der Waals surface area (Å²) in [6, 6.07) is 8.91. The SMILES string of the molecule is CCOc1c(CC(N)=O)cc([C@@](O)(CNC(=O)c2cc(OC)c3nn(C4(F)CC4)cc3c2)C2(F)CC2)nc1-c1csc2c(F)cccc12. The summed E-state index contributed by atoms with van der Waals surface area (Å²) in [7, 11) is 1.40. The van der Waals surface area contributed by atoms with Gasteiger partial charge in [0.1, 0.15) is 34.2 Å². The van der Waals surface area contributed by atoms with E-state index in [0.29, 0.717) is 39.4 Å². The minimum atomic E-state index is -2.35. The minimum absolute atomic E-state index is 0.00864. The normalized spacial score (nSPS) is 17.2. The Morgan fingerprint density at radius 3 is 2.62 bits per heavy atom. The smallest absolute Gasteiger partial charge is 0.251 e. The van der Waals surface area contributed by atoms with Crippen molar-refractivity contribution in [1.82, 2.24) is 20.1 Å². The van der Waals surface area contributed by atoms with Crippen LogP contribution in [0.15, 0.2) is 48.0 Å². The van der Waals surface area contributed by atoms with Gasteiger partial charge in [-0.3, -0.25) is 9.59 Å². The number of methoxy groups -OCH3 is 1. The molecule has 2 aliphatic rings.